The van der Waals surface area contributed by atoms with Crippen LogP contribution in [0.1, 0.15) is 31.9 Å². The van der Waals surface area contributed by atoms with E-state index < -0.39 is 11.7 Å². The van der Waals surface area contributed by atoms with Crippen LogP contribution in [0.5, 0.6) is 5.75 Å². The maximum absolute atomic E-state index is 12.4. The second kappa shape index (κ2) is 9.62. The van der Waals surface area contributed by atoms with Crippen molar-refractivity contribution in [3.63, 3.8) is 0 Å². The van der Waals surface area contributed by atoms with Crippen molar-refractivity contribution in [3.05, 3.63) is 29.3 Å². The van der Waals surface area contributed by atoms with Crippen LogP contribution in [0.25, 0.3) is 0 Å². The van der Waals surface area contributed by atoms with Gasteiger partial charge in [0, 0.05) is 26.2 Å². The topological polar surface area (TPSA) is 88.2 Å². The van der Waals surface area contributed by atoms with Crippen molar-refractivity contribution >= 4 is 17.9 Å². The van der Waals surface area contributed by atoms with Gasteiger partial charge in [-0.05, 0) is 51.8 Å². The first kappa shape index (κ1) is 22.5. The number of piperazine rings is 1. The van der Waals surface area contributed by atoms with E-state index in [9.17, 15) is 14.4 Å². The molecule has 1 aromatic carbocycles. The summed E-state index contributed by atoms with van der Waals surface area (Å²) in [6, 6.07) is 5.75. The van der Waals surface area contributed by atoms with Crippen molar-refractivity contribution in [3.8, 4) is 5.75 Å². The summed E-state index contributed by atoms with van der Waals surface area (Å²) >= 11 is 0. The van der Waals surface area contributed by atoms with E-state index in [1.165, 1.54) is 0 Å². The number of rotatable bonds is 5. The molecule has 8 nitrogen and oxygen atoms in total. The Bertz CT molecular complexity index is 749. The zero-order valence-electron chi connectivity index (χ0n) is 17.9. The van der Waals surface area contributed by atoms with E-state index in [4.69, 9.17) is 9.47 Å². The SMILES string of the molecule is Cc1cccc(OCC(=O)N2CCN(C(=O)CNC(=O)OC(C)(C)C)CC2)c1C. The monoisotopic (exact) mass is 405 g/mol. The molecule has 1 aliphatic rings. The molecule has 1 aliphatic heterocycles. The average molecular weight is 405 g/mol. The van der Waals surface area contributed by atoms with Gasteiger partial charge in [-0.15, -0.1) is 0 Å². The van der Waals surface area contributed by atoms with Crippen LogP contribution in [0, 0.1) is 13.8 Å². The summed E-state index contributed by atoms with van der Waals surface area (Å²) in [5.74, 6) is 0.403. The van der Waals surface area contributed by atoms with Crippen molar-refractivity contribution in [2.24, 2.45) is 0 Å². The van der Waals surface area contributed by atoms with Gasteiger partial charge in [0.25, 0.3) is 5.91 Å². The van der Waals surface area contributed by atoms with Crippen molar-refractivity contribution in [1.82, 2.24) is 15.1 Å². The molecule has 29 heavy (non-hydrogen) atoms. The van der Waals surface area contributed by atoms with Crippen LogP contribution in [0.15, 0.2) is 18.2 Å². The summed E-state index contributed by atoms with van der Waals surface area (Å²) < 4.78 is 10.8. The fourth-order valence-electron chi connectivity index (χ4n) is 2.89. The van der Waals surface area contributed by atoms with E-state index in [2.05, 4.69) is 5.32 Å². The normalized spacial score (nSPS) is 14.4. The molecule has 1 heterocycles. The van der Waals surface area contributed by atoms with Gasteiger partial charge >= 0.3 is 6.09 Å². The minimum Gasteiger partial charge on any atom is -0.483 e. The zero-order chi connectivity index (χ0) is 21.6. The first-order valence-electron chi connectivity index (χ1n) is 9.78. The fraction of sp³-hybridized carbons (Fsp3) is 0.571. The number of alkyl carbamates (subject to hydrolysis) is 1. The van der Waals surface area contributed by atoms with E-state index in [1.54, 1.807) is 30.6 Å². The van der Waals surface area contributed by atoms with Crippen LogP contribution < -0.4 is 10.1 Å². The molecule has 3 amide bonds. The Kier molecular flexibility index (Phi) is 7.47. The van der Waals surface area contributed by atoms with Crippen molar-refractivity contribution in [2.75, 3.05) is 39.3 Å². The second-order valence-electron chi connectivity index (χ2n) is 8.10. The molecule has 1 fully saturated rings. The number of benzene rings is 1. The van der Waals surface area contributed by atoms with Gasteiger partial charge in [-0.2, -0.15) is 0 Å². The zero-order valence-corrected chi connectivity index (χ0v) is 17.9. The van der Waals surface area contributed by atoms with E-state index in [0.29, 0.717) is 31.9 Å². The third-order valence-corrected chi connectivity index (χ3v) is 4.67. The summed E-state index contributed by atoms with van der Waals surface area (Å²) in [6.45, 7) is 10.8. The van der Waals surface area contributed by atoms with E-state index in [0.717, 1.165) is 11.1 Å². The molecule has 0 radical (unpaired) electrons. The molecule has 0 unspecified atom stereocenters. The first-order chi connectivity index (χ1) is 13.6. The number of hydrogen-bond acceptors (Lipinski definition) is 5. The van der Waals surface area contributed by atoms with Crippen LogP contribution in [0.2, 0.25) is 0 Å². The standard InChI is InChI=1S/C21H31N3O5/c1-15-7-6-8-17(16(15)2)28-14-19(26)24-11-9-23(10-12-24)18(25)13-22-20(27)29-21(3,4)5/h6-8H,9-14H2,1-5H3,(H,22,27). The molecule has 0 aliphatic carbocycles. The lowest BCUT2D eigenvalue weighted by Gasteiger charge is -2.34. The Labute approximate surface area is 172 Å². The van der Waals surface area contributed by atoms with Crippen molar-refractivity contribution in [1.29, 1.82) is 0 Å². The van der Waals surface area contributed by atoms with E-state index in [-0.39, 0.29) is 25.0 Å². The third-order valence-electron chi connectivity index (χ3n) is 4.67. The van der Waals surface area contributed by atoms with Gasteiger partial charge in [0.05, 0.1) is 0 Å². The maximum Gasteiger partial charge on any atom is 0.408 e. The highest BCUT2D eigenvalue weighted by Crippen LogP contribution is 2.20. The predicted octanol–water partition coefficient (Wildman–Crippen LogP) is 1.88. The molecule has 2 rings (SSSR count). The van der Waals surface area contributed by atoms with Gasteiger partial charge in [0.1, 0.15) is 17.9 Å². The molecule has 0 atom stereocenters. The fourth-order valence-corrected chi connectivity index (χ4v) is 2.89. The molecule has 0 saturated carbocycles. The molecule has 0 spiro atoms. The van der Waals surface area contributed by atoms with Crippen molar-refractivity contribution in [2.45, 2.75) is 40.2 Å². The van der Waals surface area contributed by atoms with Crippen LogP contribution in [0.4, 0.5) is 4.79 Å². The smallest absolute Gasteiger partial charge is 0.408 e. The lowest BCUT2D eigenvalue weighted by atomic mass is 10.1. The molecule has 1 saturated heterocycles. The molecule has 8 heteroatoms. The number of ether oxygens (including phenoxy) is 2. The summed E-state index contributed by atoms with van der Waals surface area (Å²) in [5.41, 5.74) is 1.52. The number of carbonyl (C=O) groups excluding carboxylic acids is 3. The lowest BCUT2D eigenvalue weighted by molar-refractivity contribution is -0.140. The molecule has 1 N–H and O–H groups in total. The molecule has 1 aromatic rings. The van der Waals surface area contributed by atoms with E-state index >= 15 is 0 Å². The Balaban J connectivity index is 1.73. The number of hydrogen-bond donors (Lipinski definition) is 1. The minimum atomic E-state index is -0.622. The summed E-state index contributed by atoms with van der Waals surface area (Å²) in [5, 5.41) is 2.47. The van der Waals surface area contributed by atoms with Crippen LogP contribution >= 0.6 is 0 Å². The third kappa shape index (κ3) is 6.96. The van der Waals surface area contributed by atoms with Gasteiger partial charge < -0.3 is 24.6 Å². The predicted molar refractivity (Wildman–Crippen MR) is 109 cm³/mol. The summed E-state index contributed by atoms with van der Waals surface area (Å²) in [7, 11) is 0. The van der Waals surface area contributed by atoms with Gasteiger partial charge in [-0.3, -0.25) is 9.59 Å². The summed E-state index contributed by atoms with van der Waals surface area (Å²) in [4.78, 5) is 39.6. The van der Waals surface area contributed by atoms with Gasteiger partial charge in [0.2, 0.25) is 5.91 Å². The van der Waals surface area contributed by atoms with Crippen LogP contribution in [-0.2, 0) is 14.3 Å². The minimum absolute atomic E-state index is 0.0293. The van der Waals surface area contributed by atoms with Crippen LogP contribution in [-0.4, -0.2) is 72.6 Å². The molecule has 160 valence electrons. The van der Waals surface area contributed by atoms with Gasteiger partial charge in [0.15, 0.2) is 6.61 Å². The van der Waals surface area contributed by atoms with Crippen LogP contribution in [0.3, 0.4) is 0 Å². The second-order valence-corrected chi connectivity index (χ2v) is 8.10. The number of nitrogens with one attached hydrogen (secondary N) is 1. The largest absolute Gasteiger partial charge is 0.483 e. The number of aryl methyl sites for hydroxylation is 1. The van der Waals surface area contributed by atoms with Crippen molar-refractivity contribution < 1.29 is 23.9 Å². The Hall–Kier alpha value is -2.77. The highest BCUT2D eigenvalue weighted by atomic mass is 16.6. The molecular formula is C21H31N3O5. The molecule has 0 bridgehead atoms. The highest BCUT2D eigenvalue weighted by molar-refractivity contribution is 5.83. The van der Waals surface area contributed by atoms with Gasteiger partial charge in [-0.1, -0.05) is 12.1 Å². The molecule has 0 aromatic heterocycles. The Morgan fingerprint density at radius 3 is 2.17 bits per heavy atom. The quantitative estimate of drug-likeness (QED) is 0.808. The number of nitrogens with zero attached hydrogens (tertiary/aromatic N) is 2. The first-order valence-corrected chi connectivity index (χ1v) is 9.78. The molecular weight excluding hydrogens is 374 g/mol. The number of carbonyl (C=O) groups is 3. The van der Waals surface area contributed by atoms with Gasteiger partial charge in [-0.25, -0.2) is 4.79 Å². The van der Waals surface area contributed by atoms with E-state index in [1.807, 2.05) is 32.0 Å². The lowest BCUT2D eigenvalue weighted by Crippen LogP contribution is -2.53. The summed E-state index contributed by atoms with van der Waals surface area (Å²) in [6.07, 6.45) is -0.622. The Morgan fingerprint density at radius 2 is 1.59 bits per heavy atom. The maximum atomic E-state index is 12.4. The average Bonchev–Trinajstić information content (AvgIpc) is 2.66. The number of amides is 3. The highest BCUT2D eigenvalue weighted by Gasteiger charge is 2.25. The Morgan fingerprint density at radius 1 is 1.00 bits per heavy atom.